The van der Waals surface area contributed by atoms with Gasteiger partial charge in [0.1, 0.15) is 0 Å². The molecule has 4 heteroatoms. The van der Waals surface area contributed by atoms with Crippen LogP contribution in [-0.4, -0.2) is 20.9 Å². The van der Waals surface area contributed by atoms with Gasteiger partial charge in [-0.1, -0.05) is 6.92 Å². The molecule has 0 aromatic carbocycles. The number of aliphatic carboxylic acids is 1. The molecule has 0 fully saturated rings. The molecule has 1 aromatic heterocycles. The van der Waals surface area contributed by atoms with Gasteiger partial charge in [0.05, 0.1) is 11.6 Å². The molecule has 0 spiro atoms. The first-order valence-electron chi connectivity index (χ1n) is 5.68. The molecule has 16 heavy (non-hydrogen) atoms. The fourth-order valence-electron chi connectivity index (χ4n) is 2.03. The lowest BCUT2D eigenvalue weighted by Crippen LogP contribution is -2.11. The Bertz CT molecular complexity index is 396. The average molecular weight is 224 g/mol. The van der Waals surface area contributed by atoms with E-state index in [9.17, 15) is 4.79 Å². The maximum Gasteiger partial charge on any atom is 0.310 e. The number of nitrogens with zero attached hydrogens (tertiary/aromatic N) is 2. The van der Waals surface area contributed by atoms with Crippen LogP contribution in [-0.2, 0) is 4.79 Å². The number of carboxylic acid groups (broad SMARTS) is 1. The minimum atomic E-state index is -0.796. The number of aryl methyl sites for hydroxylation is 1. The van der Waals surface area contributed by atoms with Crippen molar-refractivity contribution < 1.29 is 9.90 Å². The summed E-state index contributed by atoms with van der Waals surface area (Å²) in [6.45, 7) is 9.72. The molecule has 0 saturated heterocycles. The van der Waals surface area contributed by atoms with Crippen LogP contribution in [0.1, 0.15) is 56.1 Å². The van der Waals surface area contributed by atoms with Crippen LogP contribution in [0.3, 0.4) is 0 Å². The van der Waals surface area contributed by atoms with Gasteiger partial charge in [0.2, 0.25) is 0 Å². The minimum absolute atomic E-state index is 0.313. The molecule has 90 valence electrons. The monoisotopic (exact) mass is 224 g/mol. The van der Waals surface area contributed by atoms with Crippen LogP contribution in [0.15, 0.2) is 0 Å². The van der Waals surface area contributed by atoms with E-state index in [1.807, 2.05) is 18.5 Å². The van der Waals surface area contributed by atoms with Crippen molar-refractivity contribution in [1.29, 1.82) is 0 Å². The standard InChI is InChI=1S/C12H20N2O2/c1-6-7(2)14-10(5)11(9(4)13-14)8(3)12(15)16/h7-8H,6H2,1-5H3,(H,15,16). The molecule has 2 unspecified atom stereocenters. The third-order valence-corrected chi connectivity index (χ3v) is 3.19. The zero-order chi connectivity index (χ0) is 12.5. The highest BCUT2D eigenvalue weighted by atomic mass is 16.4. The number of aromatic nitrogens is 2. The van der Waals surface area contributed by atoms with Gasteiger partial charge in [-0.2, -0.15) is 5.10 Å². The molecular formula is C12H20N2O2. The summed E-state index contributed by atoms with van der Waals surface area (Å²) in [6.07, 6.45) is 0.989. The maximum absolute atomic E-state index is 11.0. The maximum atomic E-state index is 11.0. The quantitative estimate of drug-likeness (QED) is 0.855. The second-order valence-electron chi connectivity index (χ2n) is 4.35. The van der Waals surface area contributed by atoms with Crippen LogP contribution in [0, 0.1) is 13.8 Å². The molecule has 1 rings (SSSR count). The topological polar surface area (TPSA) is 55.1 Å². The van der Waals surface area contributed by atoms with Crippen LogP contribution in [0.25, 0.3) is 0 Å². The van der Waals surface area contributed by atoms with E-state index >= 15 is 0 Å². The van der Waals surface area contributed by atoms with E-state index in [0.717, 1.165) is 23.4 Å². The van der Waals surface area contributed by atoms with Gasteiger partial charge in [0.25, 0.3) is 0 Å². The lowest BCUT2D eigenvalue weighted by atomic mass is 9.99. The van der Waals surface area contributed by atoms with Crippen LogP contribution >= 0.6 is 0 Å². The fourth-order valence-corrected chi connectivity index (χ4v) is 2.03. The second kappa shape index (κ2) is 4.68. The minimum Gasteiger partial charge on any atom is -0.481 e. The number of hydrogen-bond acceptors (Lipinski definition) is 2. The third kappa shape index (κ3) is 2.10. The smallest absolute Gasteiger partial charge is 0.310 e. The molecule has 4 nitrogen and oxygen atoms in total. The van der Waals surface area contributed by atoms with Gasteiger partial charge < -0.3 is 5.11 Å². The van der Waals surface area contributed by atoms with Crippen molar-refractivity contribution in [1.82, 2.24) is 9.78 Å². The van der Waals surface area contributed by atoms with Gasteiger partial charge >= 0.3 is 5.97 Å². The van der Waals surface area contributed by atoms with E-state index in [1.54, 1.807) is 6.92 Å². The summed E-state index contributed by atoms with van der Waals surface area (Å²) in [4.78, 5) is 11.0. The molecule has 0 bridgehead atoms. The molecule has 0 aliphatic heterocycles. The van der Waals surface area contributed by atoms with E-state index < -0.39 is 11.9 Å². The Morgan fingerprint density at radius 1 is 1.44 bits per heavy atom. The Kier molecular flexibility index (Phi) is 3.73. The predicted octanol–water partition coefficient (Wildman–Crippen LogP) is 2.66. The second-order valence-corrected chi connectivity index (χ2v) is 4.35. The highest BCUT2D eigenvalue weighted by Crippen LogP contribution is 2.26. The lowest BCUT2D eigenvalue weighted by molar-refractivity contribution is -0.138. The molecule has 0 saturated carbocycles. The first kappa shape index (κ1) is 12.7. The number of hydrogen-bond donors (Lipinski definition) is 1. The SMILES string of the molecule is CCC(C)n1nc(C)c(C(C)C(=O)O)c1C. The predicted molar refractivity (Wildman–Crippen MR) is 62.8 cm³/mol. The summed E-state index contributed by atoms with van der Waals surface area (Å²) in [6, 6.07) is 0.313. The highest BCUT2D eigenvalue weighted by Gasteiger charge is 2.23. The summed E-state index contributed by atoms with van der Waals surface area (Å²) >= 11 is 0. The van der Waals surface area contributed by atoms with Crippen molar-refractivity contribution in [3.63, 3.8) is 0 Å². The van der Waals surface area contributed by atoms with Crippen LogP contribution < -0.4 is 0 Å². The van der Waals surface area contributed by atoms with E-state index in [0.29, 0.717) is 6.04 Å². The van der Waals surface area contributed by atoms with Gasteiger partial charge in [-0.3, -0.25) is 9.48 Å². The first-order chi connectivity index (χ1) is 7.40. The lowest BCUT2D eigenvalue weighted by Gasteiger charge is -2.13. The van der Waals surface area contributed by atoms with Crippen molar-refractivity contribution in [2.75, 3.05) is 0 Å². The van der Waals surface area contributed by atoms with Gasteiger partial charge in [-0.15, -0.1) is 0 Å². The van der Waals surface area contributed by atoms with Crippen LogP contribution in [0.5, 0.6) is 0 Å². The summed E-state index contributed by atoms with van der Waals surface area (Å²) in [5.74, 6) is -1.28. The average Bonchev–Trinajstić information content (AvgIpc) is 2.52. The van der Waals surface area contributed by atoms with Gasteiger partial charge in [-0.05, 0) is 34.1 Å². The molecule has 0 radical (unpaired) electrons. The summed E-state index contributed by atoms with van der Waals surface area (Å²) in [5.41, 5.74) is 2.65. The zero-order valence-electron chi connectivity index (χ0n) is 10.6. The number of carbonyl (C=O) groups is 1. The molecule has 0 aliphatic rings. The van der Waals surface area contributed by atoms with Gasteiger partial charge in [-0.25, -0.2) is 0 Å². The van der Waals surface area contributed by atoms with Crippen molar-refractivity contribution >= 4 is 5.97 Å². The normalized spacial score (nSPS) is 14.8. The van der Waals surface area contributed by atoms with E-state index in [2.05, 4.69) is 18.9 Å². The van der Waals surface area contributed by atoms with Crippen molar-refractivity contribution in [3.05, 3.63) is 17.0 Å². The molecule has 1 heterocycles. The highest BCUT2D eigenvalue weighted by molar-refractivity contribution is 5.76. The van der Waals surface area contributed by atoms with E-state index in [-0.39, 0.29) is 0 Å². The Morgan fingerprint density at radius 2 is 2.00 bits per heavy atom. The number of rotatable bonds is 4. The molecule has 0 amide bonds. The van der Waals surface area contributed by atoms with Crippen molar-refractivity contribution in [2.24, 2.45) is 0 Å². The Labute approximate surface area is 96.3 Å². The molecule has 1 aromatic rings. The summed E-state index contributed by atoms with van der Waals surface area (Å²) in [7, 11) is 0. The fraction of sp³-hybridized carbons (Fsp3) is 0.667. The largest absolute Gasteiger partial charge is 0.481 e. The number of carboxylic acids is 1. The molecular weight excluding hydrogens is 204 g/mol. The zero-order valence-corrected chi connectivity index (χ0v) is 10.6. The summed E-state index contributed by atoms with van der Waals surface area (Å²) in [5, 5.41) is 13.5. The molecule has 2 atom stereocenters. The van der Waals surface area contributed by atoms with Crippen molar-refractivity contribution in [2.45, 2.75) is 53.0 Å². The Morgan fingerprint density at radius 3 is 2.44 bits per heavy atom. The van der Waals surface area contributed by atoms with E-state index in [1.165, 1.54) is 0 Å². The Hall–Kier alpha value is -1.32. The van der Waals surface area contributed by atoms with Crippen molar-refractivity contribution in [3.8, 4) is 0 Å². The first-order valence-corrected chi connectivity index (χ1v) is 5.68. The molecule has 0 aliphatic carbocycles. The van der Waals surface area contributed by atoms with Crippen LogP contribution in [0.4, 0.5) is 0 Å². The van der Waals surface area contributed by atoms with Gasteiger partial charge in [0, 0.05) is 17.3 Å². The van der Waals surface area contributed by atoms with Crippen LogP contribution in [0.2, 0.25) is 0 Å². The van der Waals surface area contributed by atoms with E-state index in [4.69, 9.17) is 5.11 Å². The molecule has 1 N–H and O–H groups in total. The third-order valence-electron chi connectivity index (χ3n) is 3.19. The summed E-state index contributed by atoms with van der Waals surface area (Å²) < 4.78 is 1.93. The Balaban J connectivity index is 3.21. The van der Waals surface area contributed by atoms with Gasteiger partial charge in [0.15, 0.2) is 0 Å².